The zero-order chi connectivity index (χ0) is 32.7. The number of carbonyl (C=O) groups is 1. The number of carboxylic acid groups (broad SMARTS) is 1. The molecule has 3 fully saturated rings. The zero-order valence-electron chi connectivity index (χ0n) is 27.2. The third-order valence-corrected chi connectivity index (χ3v) is 11.3. The smallest absolute Gasteiger partial charge is 0.339 e. The number of H-pyrrole nitrogens is 1. The molecule has 0 atom stereocenters. The lowest BCUT2D eigenvalue weighted by molar-refractivity contribution is -0.0825. The van der Waals surface area contributed by atoms with Gasteiger partial charge in [-0.3, -0.25) is 9.80 Å². The van der Waals surface area contributed by atoms with Crippen LogP contribution in [0, 0.1) is 5.41 Å². The van der Waals surface area contributed by atoms with Gasteiger partial charge in [-0.2, -0.15) is 0 Å². The lowest BCUT2D eigenvalue weighted by atomic mass is 9.65. The number of allylic oxidation sites excluding steroid dienone is 1. The Balaban J connectivity index is 0.969. The first-order valence-corrected chi connectivity index (χ1v) is 17.5. The number of nitrogens with one attached hydrogen (secondary N) is 1. The van der Waals surface area contributed by atoms with Gasteiger partial charge >= 0.3 is 5.97 Å². The first kappa shape index (κ1) is 31.4. The molecule has 250 valence electrons. The number of ether oxygens (including phenoxy) is 2. The SMILES string of the molecule is O=C(O)c1ccc(N2CCN(CC3=C(c4ccc(Cl)cc4)CCC4(CCN(C5COC5)CC4)C3)CC2)cc1Oc1cnc2[nH]ccc2c1. The monoisotopic (exact) mass is 667 g/mol. The average Bonchev–Trinajstić information content (AvgIpc) is 3.54. The van der Waals surface area contributed by atoms with Gasteiger partial charge in [0.05, 0.1) is 25.5 Å². The van der Waals surface area contributed by atoms with Crippen LogP contribution >= 0.6 is 11.6 Å². The number of anilines is 1. The van der Waals surface area contributed by atoms with E-state index in [9.17, 15) is 9.90 Å². The second-order valence-corrected chi connectivity index (χ2v) is 14.4. The Kier molecular flexibility index (Phi) is 8.63. The number of nitrogens with zero attached hydrogens (tertiary/aromatic N) is 4. The molecule has 0 bridgehead atoms. The highest BCUT2D eigenvalue weighted by Gasteiger charge is 2.41. The first-order valence-electron chi connectivity index (χ1n) is 17.2. The largest absolute Gasteiger partial charge is 0.478 e. The second kappa shape index (κ2) is 13.2. The van der Waals surface area contributed by atoms with Gasteiger partial charge in [-0.1, -0.05) is 29.3 Å². The Morgan fingerprint density at radius 3 is 2.52 bits per heavy atom. The molecule has 0 unspecified atom stereocenters. The number of piperidine rings is 1. The minimum absolute atomic E-state index is 0.131. The maximum absolute atomic E-state index is 12.1. The predicted molar refractivity (Wildman–Crippen MR) is 188 cm³/mol. The van der Waals surface area contributed by atoms with Crippen LogP contribution in [0.3, 0.4) is 0 Å². The summed E-state index contributed by atoms with van der Waals surface area (Å²) in [5.41, 5.74) is 6.65. The molecule has 3 aliphatic heterocycles. The number of aromatic amines is 1. The summed E-state index contributed by atoms with van der Waals surface area (Å²) in [6, 6.07) is 18.2. The maximum Gasteiger partial charge on any atom is 0.339 e. The van der Waals surface area contributed by atoms with E-state index in [0.717, 1.165) is 74.1 Å². The van der Waals surface area contributed by atoms with Crippen molar-refractivity contribution in [3.05, 3.63) is 88.7 Å². The Labute approximate surface area is 286 Å². The number of carboxylic acids is 1. The summed E-state index contributed by atoms with van der Waals surface area (Å²) < 4.78 is 11.6. The van der Waals surface area contributed by atoms with Gasteiger partial charge in [0.2, 0.25) is 0 Å². The van der Waals surface area contributed by atoms with Crippen molar-refractivity contribution in [1.82, 2.24) is 19.8 Å². The van der Waals surface area contributed by atoms with Crippen molar-refractivity contribution in [3.63, 3.8) is 0 Å². The van der Waals surface area contributed by atoms with Crippen LogP contribution in [0.25, 0.3) is 16.6 Å². The van der Waals surface area contributed by atoms with E-state index in [-0.39, 0.29) is 5.56 Å². The molecular formula is C38H42ClN5O4. The molecule has 4 aliphatic rings. The number of halogens is 1. The molecule has 5 heterocycles. The second-order valence-electron chi connectivity index (χ2n) is 13.9. The van der Waals surface area contributed by atoms with Crippen molar-refractivity contribution < 1.29 is 19.4 Å². The molecule has 4 aromatic rings. The standard InChI is InChI=1S/C38H42ClN5O4/c39-29-3-1-26(2-4-29)33-7-9-38(10-13-43(14-11-38)31-24-47-25-31)21-28(33)23-42-15-17-44(18-16-42)30-5-6-34(37(45)46)35(20-30)48-32-19-27-8-12-40-36(27)41-22-32/h1-6,8,12,19-20,22,31H,7,9-11,13-18,21,23-25H2,(H,40,41)(H,45,46). The van der Waals surface area contributed by atoms with Crippen LogP contribution in [0.2, 0.25) is 5.02 Å². The molecule has 8 rings (SSSR count). The van der Waals surface area contributed by atoms with Gasteiger partial charge < -0.3 is 24.5 Å². The van der Waals surface area contributed by atoms with Crippen molar-refractivity contribution in [3.8, 4) is 11.5 Å². The molecule has 2 N–H and O–H groups in total. The van der Waals surface area contributed by atoms with Gasteiger partial charge in [0.15, 0.2) is 0 Å². The van der Waals surface area contributed by atoms with Crippen molar-refractivity contribution in [2.45, 2.75) is 38.1 Å². The number of fused-ring (bicyclic) bond motifs is 1. The summed E-state index contributed by atoms with van der Waals surface area (Å²) in [5, 5.41) is 11.6. The molecule has 2 aromatic heterocycles. The van der Waals surface area contributed by atoms with Gasteiger partial charge in [0.1, 0.15) is 22.7 Å². The van der Waals surface area contributed by atoms with Gasteiger partial charge in [-0.05, 0) is 98.1 Å². The van der Waals surface area contributed by atoms with E-state index < -0.39 is 5.97 Å². The number of piperazine rings is 1. The van der Waals surface area contributed by atoms with E-state index in [2.05, 4.69) is 36.8 Å². The van der Waals surface area contributed by atoms with Gasteiger partial charge in [0, 0.05) is 61.1 Å². The van der Waals surface area contributed by atoms with Gasteiger partial charge in [-0.15, -0.1) is 0 Å². The van der Waals surface area contributed by atoms with Crippen LogP contribution in [0.1, 0.15) is 48.0 Å². The molecule has 2 aromatic carbocycles. The Bertz CT molecular complexity index is 1820. The molecule has 9 nitrogen and oxygen atoms in total. The molecular weight excluding hydrogens is 626 g/mol. The number of benzene rings is 2. The van der Waals surface area contributed by atoms with Crippen LogP contribution in [0.4, 0.5) is 5.69 Å². The lowest BCUT2D eigenvalue weighted by Gasteiger charge is -2.49. The fourth-order valence-electron chi connectivity index (χ4n) is 8.10. The molecule has 10 heteroatoms. The quantitative estimate of drug-likeness (QED) is 0.209. The fourth-order valence-corrected chi connectivity index (χ4v) is 8.22. The van der Waals surface area contributed by atoms with E-state index >= 15 is 0 Å². The Hall–Kier alpha value is -3.89. The highest BCUT2D eigenvalue weighted by molar-refractivity contribution is 6.30. The third kappa shape index (κ3) is 6.44. The normalized spacial score (nSPS) is 20.7. The number of aromatic nitrogens is 2. The van der Waals surface area contributed by atoms with Gasteiger partial charge in [-0.25, -0.2) is 9.78 Å². The molecule has 1 aliphatic carbocycles. The summed E-state index contributed by atoms with van der Waals surface area (Å²) in [7, 11) is 0. The minimum Gasteiger partial charge on any atom is -0.478 e. The number of hydrogen-bond acceptors (Lipinski definition) is 7. The summed E-state index contributed by atoms with van der Waals surface area (Å²) in [6.07, 6.45) is 9.51. The van der Waals surface area contributed by atoms with E-state index in [4.69, 9.17) is 21.1 Å². The number of hydrogen-bond donors (Lipinski definition) is 2. The van der Waals surface area contributed by atoms with Crippen LogP contribution in [0.15, 0.2) is 72.6 Å². The number of aromatic carboxylic acids is 1. The summed E-state index contributed by atoms with van der Waals surface area (Å²) in [4.78, 5) is 27.1. The molecule has 0 saturated carbocycles. The molecule has 3 saturated heterocycles. The summed E-state index contributed by atoms with van der Waals surface area (Å²) in [6.45, 7) is 8.71. The van der Waals surface area contributed by atoms with Crippen LogP contribution in [-0.4, -0.2) is 95.9 Å². The Morgan fingerprint density at radius 1 is 1.00 bits per heavy atom. The summed E-state index contributed by atoms with van der Waals surface area (Å²) >= 11 is 6.29. The number of likely N-dealkylation sites (tertiary alicyclic amines) is 1. The van der Waals surface area contributed by atoms with Crippen LogP contribution < -0.4 is 9.64 Å². The molecule has 0 amide bonds. The van der Waals surface area contributed by atoms with Crippen molar-refractivity contribution in [1.29, 1.82) is 0 Å². The fraction of sp³-hybridized carbons (Fsp3) is 0.421. The van der Waals surface area contributed by atoms with E-state index in [1.165, 1.54) is 49.9 Å². The maximum atomic E-state index is 12.1. The predicted octanol–water partition coefficient (Wildman–Crippen LogP) is 6.95. The van der Waals surface area contributed by atoms with Crippen molar-refractivity contribution in [2.75, 3.05) is 63.9 Å². The van der Waals surface area contributed by atoms with E-state index in [1.807, 2.05) is 42.6 Å². The summed E-state index contributed by atoms with van der Waals surface area (Å²) in [5.74, 6) is -0.195. The lowest BCUT2D eigenvalue weighted by Crippen LogP contribution is -2.54. The van der Waals surface area contributed by atoms with E-state index in [0.29, 0.717) is 23.0 Å². The average molecular weight is 668 g/mol. The number of pyridine rings is 1. The molecule has 0 radical (unpaired) electrons. The van der Waals surface area contributed by atoms with Crippen LogP contribution in [-0.2, 0) is 4.74 Å². The molecule has 48 heavy (non-hydrogen) atoms. The highest BCUT2D eigenvalue weighted by atomic mass is 35.5. The van der Waals surface area contributed by atoms with Crippen molar-refractivity contribution >= 4 is 39.9 Å². The van der Waals surface area contributed by atoms with Gasteiger partial charge in [0.25, 0.3) is 0 Å². The number of rotatable bonds is 8. The molecule has 1 spiro atoms. The van der Waals surface area contributed by atoms with E-state index in [1.54, 1.807) is 17.8 Å². The third-order valence-electron chi connectivity index (χ3n) is 11.1. The highest BCUT2D eigenvalue weighted by Crippen LogP contribution is 2.49. The topological polar surface area (TPSA) is 94.2 Å². The Morgan fingerprint density at radius 2 is 1.79 bits per heavy atom. The first-order chi connectivity index (χ1) is 23.4. The van der Waals surface area contributed by atoms with Crippen molar-refractivity contribution in [2.24, 2.45) is 5.41 Å². The zero-order valence-corrected chi connectivity index (χ0v) is 27.9. The minimum atomic E-state index is -1.02. The van der Waals surface area contributed by atoms with Crippen LogP contribution in [0.5, 0.6) is 11.5 Å².